The lowest BCUT2D eigenvalue weighted by molar-refractivity contribution is -0.120. The van der Waals surface area contributed by atoms with Gasteiger partial charge in [0.1, 0.15) is 17.6 Å². The molecule has 1 aromatic carbocycles. The number of nitrogens with two attached hydrogens (primary N) is 1. The molecule has 0 aliphatic heterocycles. The van der Waals surface area contributed by atoms with Crippen molar-refractivity contribution in [3.63, 3.8) is 0 Å². The summed E-state index contributed by atoms with van der Waals surface area (Å²) in [5.41, 5.74) is 6.52. The van der Waals surface area contributed by atoms with Crippen LogP contribution in [0.1, 0.15) is 30.8 Å². The normalized spacial score (nSPS) is 12.5. The van der Waals surface area contributed by atoms with Gasteiger partial charge in [0, 0.05) is 17.1 Å². The molecule has 0 saturated carbocycles. The smallest absolute Gasteiger partial charge is 0.269 e. The van der Waals surface area contributed by atoms with Crippen molar-refractivity contribution in [2.24, 2.45) is 11.7 Å². The van der Waals surface area contributed by atoms with Crippen LogP contribution in [0.3, 0.4) is 0 Å². The summed E-state index contributed by atoms with van der Waals surface area (Å²) in [4.78, 5) is 29.1. The van der Waals surface area contributed by atoms with Gasteiger partial charge in [0.2, 0.25) is 5.91 Å². The van der Waals surface area contributed by atoms with E-state index in [0.29, 0.717) is 28.3 Å². The van der Waals surface area contributed by atoms with Gasteiger partial charge in [-0.05, 0) is 24.5 Å². The van der Waals surface area contributed by atoms with Crippen LogP contribution in [0.15, 0.2) is 35.8 Å². The van der Waals surface area contributed by atoms with Gasteiger partial charge >= 0.3 is 0 Å². The monoisotopic (exact) mass is 374 g/mol. The quantitative estimate of drug-likeness (QED) is 0.695. The minimum Gasteiger partial charge on any atom is -0.368 e. The molecule has 0 unspecified atom stereocenters. The Balaban J connectivity index is 1.90. The van der Waals surface area contributed by atoms with Crippen LogP contribution in [0.4, 0.5) is 4.39 Å². The zero-order valence-electron chi connectivity index (χ0n) is 14.4. The van der Waals surface area contributed by atoms with Crippen molar-refractivity contribution in [3.05, 3.63) is 47.4 Å². The van der Waals surface area contributed by atoms with Crippen molar-refractivity contribution in [3.8, 4) is 11.3 Å². The third-order valence-electron chi connectivity index (χ3n) is 3.95. The summed E-state index contributed by atoms with van der Waals surface area (Å²) in [5.74, 6) is -1.17. The van der Waals surface area contributed by atoms with Crippen LogP contribution < -0.4 is 11.1 Å². The number of thiazole rings is 1. The third kappa shape index (κ3) is 3.60. The zero-order chi connectivity index (χ0) is 18.8. The SMILES string of the molecule is CC(C)C[C@H](NC(=O)c1csc2nc(-c3ccccc3F)cn12)C(N)=O. The molecule has 2 aromatic heterocycles. The van der Waals surface area contributed by atoms with Crippen molar-refractivity contribution >= 4 is 28.1 Å². The first-order valence-electron chi connectivity index (χ1n) is 8.18. The molecule has 1 atom stereocenters. The summed E-state index contributed by atoms with van der Waals surface area (Å²) in [6.07, 6.45) is 2.07. The number of rotatable bonds is 6. The standard InChI is InChI=1S/C18H19FN4O2S/c1-10(2)7-13(16(20)24)21-17(25)15-9-26-18-22-14(8-23(15)18)11-5-3-4-6-12(11)19/h3-6,8-10,13H,7H2,1-2H3,(H2,20,24)(H,21,25)/t13-/m0/s1. The summed E-state index contributed by atoms with van der Waals surface area (Å²) in [6.45, 7) is 3.89. The molecule has 3 N–H and O–H groups in total. The fraction of sp³-hybridized carbons (Fsp3) is 0.278. The van der Waals surface area contributed by atoms with Crippen molar-refractivity contribution < 1.29 is 14.0 Å². The van der Waals surface area contributed by atoms with E-state index in [1.54, 1.807) is 34.2 Å². The molecule has 3 aromatic rings. The van der Waals surface area contributed by atoms with E-state index in [9.17, 15) is 14.0 Å². The van der Waals surface area contributed by atoms with E-state index < -0.39 is 17.9 Å². The number of carbonyl (C=O) groups excluding carboxylic acids is 2. The van der Waals surface area contributed by atoms with Crippen molar-refractivity contribution in [1.29, 1.82) is 0 Å². The minimum atomic E-state index is -0.744. The van der Waals surface area contributed by atoms with Crippen molar-refractivity contribution in [2.45, 2.75) is 26.3 Å². The Kier molecular flexibility index (Phi) is 5.03. The maximum atomic E-state index is 14.0. The minimum absolute atomic E-state index is 0.205. The van der Waals surface area contributed by atoms with Gasteiger partial charge in [-0.3, -0.25) is 14.0 Å². The van der Waals surface area contributed by atoms with Gasteiger partial charge in [-0.1, -0.05) is 26.0 Å². The Morgan fingerprint density at radius 1 is 1.35 bits per heavy atom. The largest absolute Gasteiger partial charge is 0.368 e. The first-order chi connectivity index (χ1) is 12.4. The van der Waals surface area contributed by atoms with Crippen molar-refractivity contribution in [2.75, 3.05) is 0 Å². The number of fused-ring (bicyclic) bond motifs is 1. The van der Waals surface area contributed by atoms with Crippen LogP contribution in [-0.4, -0.2) is 27.2 Å². The Bertz CT molecular complexity index is 963. The van der Waals surface area contributed by atoms with Gasteiger partial charge in [0.25, 0.3) is 5.91 Å². The molecule has 136 valence electrons. The van der Waals surface area contributed by atoms with E-state index in [0.717, 1.165) is 0 Å². The van der Waals surface area contributed by atoms with E-state index >= 15 is 0 Å². The van der Waals surface area contributed by atoms with Gasteiger partial charge < -0.3 is 11.1 Å². The third-order valence-corrected chi connectivity index (χ3v) is 4.79. The molecular weight excluding hydrogens is 355 g/mol. The number of benzene rings is 1. The predicted molar refractivity (Wildman–Crippen MR) is 98.4 cm³/mol. The van der Waals surface area contributed by atoms with Crippen LogP contribution in [0, 0.1) is 11.7 Å². The Hall–Kier alpha value is -2.74. The van der Waals surface area contributed by atoms with Gasteiger partial charge in [-0.25, -0.2) is 9.37 Å². The molecule has 6 nitrogen and oxygen atoms in total. The fourth-order valence-corrected chi connectivity index (χ4v) is 3.55. The van der Waals surface area contributed by atoms with Crippen molar-refractivity contribution in [1.82, 2.24) is 14.7 Å². The Morgan fingerprint density at radius 3 is 2.73 bits per heavy atom. The van der Waals surface area contributed by atoms with Crippen LogP contribution in [0.2, 0.25) is 0 Å². The molecule has 2 amide bonds. The molecule has 0 aliphatic rings. The van der Waals surface area contributed by atoms with E-state index in [1.165, 1.54) is 17.4 Å². The molecule has 3 rings (SSSR count). The van der Waals surface area contributed by atoms with Crippen LogP contribution >= 0.6 is 11.3 Å². The number of carbonyl (C=O) groups is 2. The molecule has 0 spiro atoms. The van der Waals surface area contributed by atoms with Gasteiger partial charge in [0.05, 0.1) is 5.69 Å². The lowest BCUT2D eigenvalue weighted by atomic mass is 10.0. The molecule has 26 heavy (non-hydrogen) atoms. The second-order valence-corrected chi connectivity index (χ2v) is 7.27. The summed E-state index contributed by atoms with van der Waals surface area (Å²) < 4.78 is 15.6. The Morgan fingerprint density at radius 2 is 2.08 bits per heavy atom. The molecule has 0 aliphatic carbocycles. The topological polar surface area (TPSA) is 89.5 Å². The highest BCUT2D eigenvalue weighted by atomic mass is 32.1. The Labute approximate surface area is 153 Å². The summed E-state index contributed by atoms with van der Waals surface area (Å²) in [6, 6.07) is 5.58. The van der Waals surface area contributed by atoms with Crippen LogP contribution in [-0.2, 0) is 4.79 Å². The van der Waals surface area contributed by atoms with E-state index in [1.807, 2.05) is 13.8 Å². The second-order valence-electron chi connectivity index (χ2n) is 6.44. The van der Waals surface area contributed by atoms with E-state index in [2.05, 4.69) is 10.3 Å². The maximum Gasteiger partial charge on any atom is 0.269 e. The predicted octanol–water partition coefficient (Wildman–Crippen LogP) is 2.83. The number of primary amides is 1. The average molecular weight is 374 g/mol. The lowest BCUT2D eigenvalue weighted by Crippen LogP contribution is -2.45. The number of aromatic nitrogens is 2. The van der Waals surface area contributed by atoms with E-state index in [4.69, 9.17) is 5.73 Å². The number of amides is 2. The van der Waals surface area contributed by atoms with Gasteiger partial charge in [-0.2, -0.15) is 0 Å². The van der Waals surface area contributed by atoms with Crippen LogP contribution in [0.25, 0.3) is 16.2 Å². The summed E-state index contributed by atoms with van der Waals surface area (Å²) >= 11 is 1.27. The summed E-state index contributed by atoms with van der Waals surface area (Å²) in [7, 11) is 0. The molecule has 2 heterocycles. The highest BCUT2D eigenvalue weighted by molar-refractivity contribution is 7.15. The molecule has 8 heteroatoms. The molecule has 0 fully saturated rings. The number of hydrogen-bond acceptors (Lipinski definition) is 4. The molecule has 0 saturated heterocycles. The molecule has 0 radical (unpaired) electrons. The van der Waals surface area contributed by atoms with Crippen LogP contribution in [0.5, 0.6) is 0 Å². The first kappa shape index (κ1) is 18.1. The number of nitrogens with one attached hydrogen (secondary N) is 1. The number of imidazole rings is 1. The fourth-order valence-electron chi connectivity index (χ4n) is 2.70. The molecule has 0 bridgehead atoms. The van der Waals surface area contributed by atoms with Gasteiger partial charge in [0.15, 0.2) is 4.96 Å². The summed E-state index contributed by atoms with van der Waals surface area (Å²) in [5, 5.41) is 4.32. The average Bonchev–Trinajstić information content (AvgIpc) is 3.14. The second kappa shape index (κ2) is 7.25. The van der Waals surface area contributed by atoms with E-state index in [-0.39, 0.29) is 11.7 Å². The zero-order valence-corrected chi connectivity index (χ0v) is 15.2. The highest BCUT2D eigenvalue weighted by Crippen LogP contribution is 2.25. The lowest BCUT2D eigenvalue weighted by Gasteiger charge is -2.17. The first-order valence-corrected chi connectivity index (χ1v) is 9.06. The number of hydrogen-bond donors (Lipinski definition) is 2. The number of nitrogens with zero attached hydrogens (tertiary/aromatic N) is 2. The van der Waals surface area contributed by atoms with Gasteiger partial charge in [-0.15, -0.1) is 11.3 Å². The number of halogens is 1. The molecular formula is C18H19FN4O2S. The highest BCUT2D eigenvalue weighted by Gasteiger charge is 2.23. The maximum absolute atomic E-state index is 14.0.